The van der Waals surface area contributed by atoms with Gasteiger partial charge >= 0.3 is 0 Å². The molecule has 0 unspecified atom stereocenters. The predicted octanol–water partition coefficient (Wildman–Crippen LogP) is 5.49. The Morgan fingerprint density at radius 1 is 1.11 bits per heavy atom. The summed E-state index contributed by atoms with van der Waals surface area (Å²) in [6.07, 6.45) is 0. The van der Waals surface area contributed by atoms with Gasteiger partial charge < -0.3 is 0 Å². The molecular formula is C15H12Cl2OS. The van der Waals surface area contributed by atoms with Gasteiger partial charge in [-0.15, -0.1) is 11.8 Å². The predicted molar refractivity (Wildman–Crippen MR) is 82.5 cm³/mol. The summed E-state index contributed by atoms with van der Waals surface area (Å²) in [5.74, 6) is 0.767. The lowest BCUT2D eigenvalue weighted by atomic mass is 10.1. The third kappa shape index (κ3) is 3.75. The number of carbonyl (C=O) groups excluding carboxylic acids is 1. The Kier molecular flexibility index (Phi) is 4.92. The van der Waals surface area contributed by atoms with Crippen molar-refractivity contribution in [3.8, 4) is 0 Å². The highest BCUT2D eigenvalue weighted by molar-refractivity contribution is 7.98. The monoisotopic (exact) mass is 310 g/mol. The third-order valence-corrected chi connectivity index (χ3v) is 4.60. The molecule has 0 aliphatic rings. The van der Waals surface area contributed by atoms with Gasteiger partial charge in [0.25, 0.3) is 0 Å². The molecule has 2 rings (SSSR count). The first kappa shape index (κ1) is 14.4. The summed E-state index contributed by atoms with van der Waals surface area (Å²) in [6.45, 7) is 1.53. The zero-order valence-corrected chi connectivity index (χ0v) is 12.6. The number of benzene rings is 2. The minimum Gasteiger partial charge on any atom is -0.295 e. The van der Waals surface area contributed by atoms with Crippen LogP contribution in [0.15, 0.2) is 47.4 Å². The lowest BCUT2D eigenvalue weighted by molar-refractivity contribution is 0.101. The molecule has 0 radical (unpaired) electrons. The van der Waals surface area contributed by atoms with Crippen LogP contribution in [-0.4, -0.2) is 5.78 Å². The van der Waals surface area contributed by atoms with E-state index in [9.17, 15) is 4.79 Å². The van der Waals surface area contributed by atoms with Crippen LogP contribution in [0.4, 0.5) is 0 Å². The van der Waals surface area contributed by atoms with Crippen LogP contribution < -0.4 is 0 Å². The van der Waals surface area contributed by atoms with Crippen molar-refractivity contribution in [3.63, 3.8) is 0 Å². The van der Waals surface area contributed by atoms with Gasteiger partial charge in [-0.3, -0.25) is 4.79 Å². The molecule has 19 heavy (non-hydrogen) atoms. The zero-order chi connectivity index (χ0) is 13.8. The number of hydrogen-bond acceptors (Lipinski definition) is 2. The zero-order valence-electron chi connectivity index (χ0n) is 10.3. The molecular weight excluding hydrogens is 299 g/mol. The summed E-state index contributed by atoms with van der Waals surface area (Å²) in [5.41, 5.74) is 1.70. The van der Waals surface area contributed by atoms with Gasteiger partial charge in [0.2, 0.25) is 0 Å². The van der Waals surface area contributed by atoms with Gasteiger partial charge in [0.1, 0.15) is 0 Å². The van der Waals surface area contributed by atoms with Gasteiger partial charge in [-0.05, 0) is 30.7 Å². The van der Waals surface area contributed by atoms with Crippen LogP contribution >= 0.6 is 35.0 Å². The molecule has 2 aromatic rings. The summed E-state index contributed by atoms with van der Waals surface area (Å²) in [6, 6.07) is 13.1. The van der Waals surface area contributed by atoms with E-state index in [2.05, 4.69) is 0 Å². The van der Waals surface area contributed by atoms with E-state index >= 15 is 0 Å². The van der Waals surface area contributed by atoms with E-state index in [1.807, 2.05) is 30.3 Å². The maximum Gasteiger partial charge on any atom is 0.159 e. The summed E-state index contributed by atoms with van der Waals surface area (Å²) < 4.78 is 0. The van der Waals surface area contributed by atoms with E-state index < -0.39 is 0 Å². The quantitative estimate of drug-likeness (QED) is 0.549. The van der Waals surface area contributed by atoms with Gasteiger partial charge in [-0.1, -0.05) is 47.5 Å². The number of halogens is 2. The number of hydrogen-bond donors (Lipinski definition) is 0. The second kappa shape index (κ2) is 6.47. The molecule has 2 aromatic carbocycles. The van der Waals surface area contributed by atoms with E-state index in [1.54, 1.807) is 23.9 Å². The average molecular weight is 311 g/mol. The smallest absolute Gasteiger partial charge is 0.159 e. The SMILES string of the molecule is CC(=O)c1ccc(SCc2ccccc2Cl)c(Cl)c1. The standard InChI is InChI=1S/C15H12Cl2OS/c1-10(18)11-6-7-15(14(17)8-11)19-9-12-4-2-3-5-13(12)16/h2-8H,9H2,1H3. The molecule has 0 N–H and O–H groups in total. The van der Waals surface area contributed by atoms with Crippen LogP contribution in [0.5, 0.6) is 0 Å². The molecule has 0 amide bonds. The van der Waals surface area contributed by atoms with Gasteiger partial charge in [0, 0.05) is 21.2 Å². The van der Waals surface area contributed by atoms with Crippen molar-refractivity contribution in [2.75, 3.05) is 0 Å². The first-order valence-corrected chi connectivity index (χ1v) is 7.49. The topological polar surface area (TPSA) is 17.1 Å². The minimum absolute atomic E-state index is 0.0181. The molecule has 98 valence electrons. The van der Waals surface area contributed by atoms with Crippen LogP contribution in [0.3, 0.4) is 0 Å². The van der Waals surface area contributed by atoms with Crippen molar-refractivity contribution in [3.05, 3.63) is 63.6 Å². The molecule has 0 aliphatic heterocycles. The molecule has 1 nitrogen and oxygen atoms in total. The summed E-state index contributed by atoms with van der Waals surface area (Å²) in [4.78, 5) is 12.2. The molecule has 0 heterocycles. The molecule has 0 spiro atoms. The summed E-state index contributed by atoms with van der Waals surface area (Å²) in [5, 5.41) is 1.36. The Bertz CT molecular complexity index is 611. The first-order chi connectivity index (χ1) is 9.08. The van der Waals surface area contributed by atoms with Crippen molar-refractivity contribution in [2.24, 2.45) is 0 Å². The van der Waals surface area contributed by atoms with E-state index in [4.69, 9.17) is 23.2 Å². The average Bonchev–Trinajstić information content (AvgIpc) is 2.39. The minimum atomic E-state index is 0.0181. The molecule has 0 fully saturated rings. The van der Waals surface area contributed by atoms with Crippen molar-refractivity contribution < 1.29 is 4.79 Å². The normalized spacial score (nSPS) is 10.5. The number of thioether (sulfide) groups is 1. The van der Waals surface area contributed by atoms with Gasteiger partial charge in [0.15, 0.2) is 5.78 Å². The Morgan fingerprint density at radius 3 is 2.47 bits per heavy atom. The fourth-order valence-corrected chi connectivity index (χ4v) is 3.16. The second-order valence-corrected chi connectivity index (χ2v) is 5.91. The molecule has 0 aromatic heterocycles. The Balaban J connectivity index is 2.12. The molecule has 0 saturated heterocycles. The fourth-order valence-electron chi connectivity index (χ4n) is 1.61. The summed E-state index contributed by atoms with van der Waals surface area (Å²) in [7, 11) is 0. The van der Waals surface area contributed by atoms with Gasteiger partial charge in [-0.25, -0.2) is 0 Å². The maximum atomic E-state index is 11.3. The van der Waals surface area contributed by atoms with Crippen molar-refractivity contribution in [1.29, 1.82) is 0 Å². The number of ketones is 1. The van der Waals surface area contributed by atoms with Crippen LogP contribution in [0, 0.1) is 0 Å². The lowest BCUT2D eigenvalue weighted by Gasteiger charge is -2.07. The highest BCUT2D eigenvalue weighted by Gasteiger charge is 2.07. The largest absolute Gasteiger partial charge is 0.295 e. The molecule has 0 bridgehead atoms. The van der Waals surface area contributed by atoms with E-state index in [-0.39, 0.29) is 5.78 Å². The lowest BCUT2D eigenvalue weighted by Crippen LogP contribution is -1.91. The van der Waals surface area contributed by atoms with Crippen LogP contribution in [0.1, 0.15) is 22.8 Å². The maximum absolute atomic E-state index is 11.3. The highest BCUT2D eigenvalue weighted by Crippen LogP contribution is 2.32. The van der Waals surface area contributed by atoms with Crippen molar-refractivity contribution >= 4 is 40.7 Å². The van der Waals surface area contributed by atoms with Crippen molar-refractivity contribution in [2.45, 2.75) is 17.6 Å². The van der Waals surface area contributed by atoms with E-state index in [0.717, 1.165) is 21.2 Å². The molecule has 0 aliphatic carbocycles. The molecule has 4 heteroatoms. The van der Waals surface area contributed by atoms with Gasteiger partial charge in [-0.2, -0.15) is 0 Å². The van der Waals surface area contributed by atoms with Gasteiger partial charge in [0.05, 0.1) is 5.02 Å². The Labute approximate surface area is 126 Å². The van der Waals surface area contributed by atoms with Crippen LogP contribution in [0.2, 0.25) is 10.0 Å². The summed E-state index contributed by atoms with van der Waals surface area (Å²) >= 11 is 13.9. The second-order valence-electron chi connectivity index (χ2n) is 4.08. The Hall–Kier alpha value is -0.960. The highest BCUT2D eigenvalue weighted by atomic mass is 35.5. The van der Waals surface area contributed by atoms with E-state index in [1.165, 1.54) is 6.92 Å². The molecule has 0 saturated carbocycles. The third-order valence-electron chi connectivity index (χ3n) is 2.68. The fraction of sp³-hybridized carbons (Fsp3) is 0.133. The van der Waals surface area contributed by atoms with Crippen LogP contribution in [0.25, 0.3) is 0 Å². The first-order valence-electron chi connectivity index (χ1n) is 5.74. The Morgan fingerprint density at radius 2 is 1.84 bits per heavy atom. The number of rotatable bonds is 4. The van der Waals surface area contributed by atoms with Crippen LogP contribution in [-0.2, 0) is 5.75 Å². The number of carbonyl (C=O) groups is 1. The molecule has 0 atom stereocenters. The van der Waals surface area contributed by atoms with Crippen molar-refractivity contribution in [1.82, 2.24) is 0 Å². The van der Waals surface area contributed by atoms with E-state index in [0.29, 0.717) is 10.6 Å². The number of Topliss-reactive ketones (excluding diaryl/α,β-unsaturated/α-hetero) is 1.